The van der Waals surface area contributed by atoms with Gasteiger partial charge in [0.2, 0.25) is 0 Å². The van der Waals surface area contributed by atoms with Crippen molar-refractivity contribution < 1.29 is 9.53 Å². The molecular formula is C13H18BrNO2. The third kappa shape index (κ3) is 4.13. The number of halogens is 1. The first kappa shape index (κ1) is 14.2. The topological polar surface area (TPSA) is 38.3 Å². The average Bonchev–Trinajstić information content (AvgIpc) is 2.26. The number of hydrogen-bond acceptors (Lipinski definition) is 2. The van der Waals surface area contributed by atoms with Gasteiger partial charge < -0.3 is 10.1 Å². The molecule has 94 valence electrons. The molecule has 0 spiro atoms. The minimum atomic E-state index is -0.354. The molecule has 1 N–H and O–H groups in total. The molecule has 4 heteroatoms. The largest absolute Gasteiger partial charge is 0.377 e. The van der Waals surface area contributed by atoms with E-state index in [2.05, 4.69) is 21.2 Å². The number of nitrogens with one attached hydrogen (secondary N) is 1. The lowest BCUT2D eigenvalue weighted by Gasteiger charge is -2.23. The van der Waals surface area contributed by atoms with Gasteiger partial charge in [-0.1, -0.05) is 6.07 Å². The molecule has 0 bridgehead atoms. The number of rotatable bonds is 4. The number of ether oxygens (including phenoxy) is 1. The molecule has 0 unspecified atom stereocenters. The first-order chi connectivity index (χ1) is 7.85. The number of carbonyl (C=O) groups excluding carboxylic acids is 1. The summed E-state index contributed by atoms with van der Waals surface area (Å²) < 4.78 is 6.06. The molecule has 0 saturated carbocycles. The number of benzene rings is 1. The Morgan fingerprint density at radius 3 is 2.65 bits per heavy atom. The van der Waals surface area contributed by atoms with Gasteiger partial charge in [-0.05, 0) is 54.4 Å². The normalized spacial score (nSPS) is 11.4. The van der Waals surface area contributed by atoms with Crippen molar-refractivity contribution in [3.05, 3.63) is 33.8 Å². The van der Waals surface area contributed by atoms with Crippen LogP contribution in [0, 0.1) is 6.92 Å². The van der Waals surface area contributed by atoms with Crippen LogP contribution >= 0.6 is 15.9 Å². The fourth-order valence-corrected chi connectivity index (χ4v) is 1.94. The summed E-state index contributed by atoms with van der Waals surface area (Å²) >= 11 is 3.39. The molecule has 0 atom stereocenters. The van der Waals surface area contributed by atoms with Gasteiger partial charge in [0.1, 0.15) is 0 Å². The Kier molecular flexibility index (Phi) is 4.71. The molecule has 0 aromatic heterocycles. The van der Waals surface area contributed by atoms with Gasteiger partial charge >= 0.3 is 0 Å². The smallest absolute Gasteiger partial charge is 0.252 e. The fraction of sp³-hybridized carbons (Fsp3) is 0.462. The lowest BCUT2D eigenvalue weighted by molar-refractivity contribution is 0.0228. The highest BCUT2D eigenvalue weighted by Gasteiger charge is 2.18. The van der Waals surface area contributed by atoms with Crippen molar-refractivity contribution in [1.82, 2.24) is 5.32 Å². The molecule has 1 amide bonds. The van der Waals surface area contributed by atoms with Crippen molar-refractivity contribution in [3.63, 3.8) is 0 Å². The van der Waals surface area contributed by atoms with E-state index in [1.165, 1.54) is 0 Å². The quantitative estimate of drug-likeness (QED) is 0.928. The number of amides is 1. The SMILES string of the molecule is COC(C)(C)CNC(=O)c1ccc(C)cc1Br. The van der Waals surface area contributed by atoms with E-state index in [9.17, 15) is 4.79 Å². The van der Waals surface area contributed by atoms with E-state index in [1.807, 2.05) is 39.0 Å². The van der Waals surface area contributed by atoms with E-state index >= 15 is 0 Å². The second-order valence-corrected chi connectivity index (χ2v) is 5.48. The number of methoxy groups -OCH3 is 1. The molecule has 0 aliphatic carbocycles. The summed E-state index contributed by atoms with van der Waals surface area (Å²) in [6, 6.07) is 5.66. The molecular weight excluding hydrogens is 282 g/mol. The predicted molar refractivity (Wildman–Crippen MR) is 72.3 cm³/mol. The lowest BCUT2D eigenvalue weighted by Crippen LogP contribution is -2.39. The second kappa shape index (κ2) is 5.65. The van der Waals surface area contributed by atoms with E-state index < -0.39 is 0 Å². The molecule has 1 aromatic rings. The molecule has 0 aliphatic rings. The van der Waals surface area contributed by atoms with Crippen LogP contribution in [0.3, 0.4) is 0 Å². The summed E-state index contributed by atoms with van der Waals surface area (Å²) in [4.78, 5) is 11.9. The zero-order valence-corrected chi connectivity index (χ0v) is 12.2. The third-order valence-electron chi connectivity index (χ3n) is 2.60. The first-order valence-corrected chi connectivity index (χ1v) is 6.24. The summed E-state index contributed by atoms with van der Waals surface area (Å²) in [6.07, 6.45) is 0. The molecule has 1 rings (SSSR count). The number of hydrogen-bond donors (Lipinski definition) is 1. The molecule has 0 radical (unpaired) electrons. The number of aryl methyl sites for hydroxylation is 1. The molecule has 0 heterocycles. The highest BCUT2D eigenvalue weighted by molar-refractivity contribution is 9.10. The summed E-state index contributed by atoms with van der Waals surface area (Å²) in [6.45, 7) is 6.32. The Morgan fingerprint density at radius 1 is 1.47 bits per heavy atom. The van der Waals surface area contributed by atoms with Crippen molar-refractivity contribution >= 4 is 21.8 Å². The summed E-state index contributed by atoms with van der Waals surface area (Å²) in [7, 11) is 1.63. The molecule has 0 aliphatic heterocycles. The Balaban J connectivity index is 2.71. The van der Waals surface area contributed by atoms with E-state index in [0.717, 1.165) is 10.0 Å². The molecule has 3 nitrogen and oxygen atoms in total. The number of carbonyl (C=O) groups is 1. The Bertz CT molecular complexity index is 416. The van der Waals surface area contributed by atoms with Gasteiger partial charge in [-0.15, -0.1) is 0 Å². The van der Waals surface area contributed by atoms with Gasteiger partial charge in [-0.3, -0.25) is 4.79 Å². The van der Waals surface area contributed by atoms with Crippen molar-refractivity contribution in [2.24, 2.45) is 0 Å². The Morgan fingerprint density at radius 2 is 2.12 bits per heavy atom. The average molecular weight is 300 g/mol. The van der Waals surface area contributed by atoms with Crippen LogP contribution in [0.5, 0.6) is 0 Å². The van der Waals surface area contributed by atoms with Crippen LogP contribution in [0.2, 0.25) is 0 Å². The standard InChI is InChI=1S/C13H18BrNO2/c1-9-5-6-10(11(14)7-9)12(16)15-8-13(2,3)17-4/h5-7H,8H2,1-4H3,(H,15,16). The summed E-state index contributed by atoms with van der Waals surface area (Å²) in [5, 5.41) is 2.86. The van der Waals surface area contributed by atoms with E-state index in [4.69, 9.17) is 4.74 Å². The molecule has 0 saturated heterocycles. The van der Waals surface area contributed by atoms with Crippen molar-refractivity contribution in [2.75, 3.05) is 13.7 Å². The van der Waals surface area contributed by atoms with Crippen LogP contribution in [0.25, 0.3) is 0 Å². The van der Waals surface area contributed by atoms with E-state index in [0.29, 0.717) is 12.1 Å². The zero-order valence-electron chi connectivity index (χ0n) is 10.6. The molecule has 0 fully saturated rings. The van der Waals surface area contributed by atoms with Crippen LogP contribution in [0.4, 0.5) is 0 Å². The van der Waals surface area contributed by atoms with E-state index in [-0.39, 0.29) is 11.5 Å². The predicted octanol–water partition coefficient (Wildman–Crippen LogP) is 2.91. The maximum atomic E-state index is 11.9. The Labute approximate surface area is 111 Å². The van der Waals surface area contributed by atoms with Crippen LogP contribution in [0.15, 0.2) is 22.7 Å². The molecule has 1 aromatic carbocycles. The maximum Gasteiger partial charge on any atom is 0.252 e. The van der Waals surface area contributed by atoms with Gasteiger partial charge in [0.15, 0.2) is 0 Å². The van der Waals surface area contributed by atoms with Gasteiger partial charge in [0, 0.05) is 18.1 Å². The minimum absolute atomic E-state index is 0.0954. The first-order valence-electron chi connectivity index (χ1n) is 5.45. The monoisotopic (exact) mass is 299 g/mol. The summed E-state index contributed by atoms with van der Waals surface area (Å²) in [5.74, 6) is -0.0954. The van der Waals surface area contributed by atoms with Gasteiger partial charge in [-0.25, -0.2) is 0 Å². The van der Waals surface area contributed by atoms with Crippen LogP contribution in [0.1, 0.15) is 29.8 Å². The fourth-order valence-electron chi connectivity index (χ4n) is 1.26. The minimum Gasteiger partial charge on any atom is -0.377 e. The highest BCUT2D eigenvalue weighted by atomic mass is 79.9. The van der Waals surface area contributed by atoms with Crippen LogP contribution in [-0.2, 0) is 4.74 Å². The zero-order chi connectivity index (χ0) is 13.1. The van der Waals surface area contributed by atoms with Crippen LogP contribution in [-0.4, -0.2) is 25.2 Å². The van der Waals surface area contributed by atoms with E-state index in [1.54, 1.807) is 7.11 Å². The van der Waals surface area contributed by atoms with Gasteiger partial charge in [0.05, 0.1) is 11.2 Å². The third-order valence-corrected chi connectivity index (χ3v) is 3.25. The highest BCUT2D eigenvalue weighted by Crippen LogP contribution is 2.18. The van der Waals surface area contributed by atoms with Crippen molar-refractivity contribution in [1.29, 1.82) is 0 Å². The Hall–Kier alpha value is -0.870. The second-order valence-electron chi connectivity index (χ2n) is 4.63. The maximum absolute atomic E-state index is 11.9. The van der Waals surface area contributed by atoms with Crippen molar-refractivity contribution in [2.45, 2.75) is 26.4 Å². The molecule has 17 heavy (non-hydrogen) atoms. The summed E-state index contributed by atoms with van der Waals surface area (Å²) in [5.41, 5.74) is 1.40. The van der Waals surface area contributed by atoms with Gasteiger partial charge in [-0.2, -0.15) is 0 Å². The lowest BCUT2D eigenvalue weighted by atomic mass is 10.1. The van der Waals surface area contributed by atoms with Gasteiger partial charge in [0.25, 0.3) is 5.91 Å². The van der Waals surface area contributed by atoms with Crippen molar-refractivity contribution in [3.8, 4) is 0 Å². The van der Waals surface area contributed by atoms with Crippen LogP contribution < -0.4 is 5.32 Å².